The van der Waals surface area contributed by atoms with Crippen molar-refractivity contribution in [2.75, 3.05) is 9.73 Å². The summed E-state index contributed by atoms with van der Waals surface area (Å²) >= 11 is 1.86. The van der Waals surface area contributed by atoms with E-state index in [-0.39, 0.29) is 5.69 Å². The molecule has 35 heavy (non-hydrogen) atoms. The van der Waals surface area contributed by atoms with Gasteiger partial charge in [-0.05, 0) is 101 Å². The zero-order valence-electron chi connectivity index (χ0n) is 20.1. The summed E-state index contributed by atoms with van der Waals surface area (Å²) in [7, 11) is -4.59. The molecule has 0 fully saturated rings. The molecule has 3 rings (SSSR count). The molecule has 12 heteroatoms. The molecule has 0 bridgehead atoms. The minimum atomic E-state index is -4.59. The second-order valence-corrected chi connectivity index (χ2v) is 13.3. The highest BCUT2D eigenvalue weighted by Crippen LogP contribution is 2.43. The second-order valence-electron chi connectivity index (χ2n) is 9.85. The summed E-state index contributed by atoms with van der Waals surface area (Å²) in [5.74, 6) is -1.40. The molecule has 2 N–H and O–H groups in total. The van der Waals surface area contributed by atoms with Crippen molar-refractivity contribution in [3.63, 3.8) is 0 Å². The number of halogens is 2. The molecule has 1 aliphatic heterocycles. The van der Waals surface area contributed by atoms with Gasteiger partial charge in [-0.1, -0.05) is 6.07 Å². The third-order valence-corrected chi connectivity index (χ3v) is 7.53. The molecule has 2 aromatic carbocycles. The third kappa shape index (κ3) is 5.86. The van der Waals surface area contributed by atoms with Gasteiger partial charge in [-0.25, -0.2) is 27.8 Å². The molecular formula is C23H27FIN3O6S. The Balaban J connectivity index is 2.15. The lowest BCUT2D eigenvalue weighted by Gasteiger charge is -2.29. The van der Waals surface area contributed by atoms with E-state index in [1.54, 1.807) is 41.5 Å². The van der Waals surface area contributed by atoms with Crippen molar-refractivity contribution in [2.45, 2.75) is 61.2 Å². The molecule has 0 saturated heterocycles. The van der Waals surface area contributed by atoms with Gasteiger partial charge in [0.2, 0.25) is 3.55 Å². The smallest absolute Gasteiger partial charge is 0.429 e. The molecule has 1 unspecified atom stereocenters. The van der Waals surface area contributed by atoms with Gasteiger partial charge in [0.1, 0.15) is 17.0 Å². The lowest BCUT2D eigenvalue weighted by molar-refractivity contribution is -0.158. The molecule has 190 valence electrons. The predicted molar refractivity (Wildman–Crippen MR) is 137 cm³/mol. The number of nitrogens with one attached hydrogen (secondary N) is 2. The third-order valence-electron chi connectivity index (χ3n) is 4.55. The molecule has 1 amide bonds. The van der Waals surface area contributed by atoms with Gasteiger partial charge in [0.25, 0.3) is 10.0 Å². The van der Waals surface area contributed by atoms with Gasteiger partial charge in [-0.15, -0.1) is 0 Å². The highest BCUT2D eigenvalue weighted by atomic mass is 127. The van der Waals surface area contributed by atoms with E-state index in [2.05, 4.69) is 10.9 Å². The van der Waals surface area contributed by atoms with Crippen LogP contribution < -0.4 is 15.2 Å². The fraction of sp³-hybridized carbons (Fsp3) is 0.391. The van der Waals surface area contributed by atoms with E-state index in [1.165, 1.54) is 30.3 Å². The first-order chi connectivity index (χ1) is 15.9. The lowest BCUT2D eigenvalue weighted by atomic mass is 10.1. The van der Waals surface area contributed by atoms with Crippen LogP contribution in [0.25, 0.3) is 0 Å². The molecule has 0 spiro atoms. The number of rotatable bonds is 4. The Kier molecular flexibility index (Phi) is 7.14. The summed E-state index contributed by atoms with van der Waals surface area (Å²) < 4.78 is 50.9. The lowest BCUT2D eigenvalue weighted by Crippen LogP contribution is -2.45. The summed E-state index contributed by atoms with van der Waals surface area (Å²) in [6, 6.07) is 8.58. The van der Waals surface area contributed by atoms with Gasteiger partial charge in [0.05, 0.1) is 16.3 Å². The number of ether oxygens (including phenoxy) is 2. The Labute approximate surface area is 217 Å². The van der Waals surface area contributed by atoms with Crippen molar-refractivity contribution in [1.29, 1.82) is 0 Å². The largest absolute Gasteiger partial charge is 0.458 e. The van der Waals surface area contributed by atoms with Gasteiger partial charge in [0, 0.05) is 5.56 Å². The molecule has 1 aliphatic rings. The summed E-state index contributed by atoms with van der Waals surface area (Å²) in [6.45, 7) is 9.94. The standard InChI is InChI=1S/C23H27FIN3O6S/c1-21(2,3)33-19(29)23(25)17-13-15(10-11-18(17)26-27-23)28(20(30)34-22(4,5)6)35(31,32)16-9-7-8-14(24)12-16/h7-13,26-27H,1-6H3. The van der Waals surface area contributed by atoms with Crippen LogP contribution in [0.2, 0.25) is 0 Å². The fourth-order valence-corrected chi connectivity index (χ4v) is 5.20. The molecule has 1 heterocycles. The van der Waals surface area contributed by atoms with E-state index in [1.807, 2.05) is 22.6 Å². The molecule has 0 saturated carbocycles. The Morgan fingerprint density at radius 1 is 1.00 bits per heavy atom. The summed E-state index contributed by atoms with van der Waals surface area (Å²) in [4.78, 5) is 25.7. The minimum absolute atomic E-state index is 0.0997. The van der Waals surface area contributed by atoms with Crippen LogP contribution in [-0.2, 0) is 27.8 Å². The quantitative estimate of drug-likeness (QED) is 0.217. The van der Waals surface area contributed by atoms with Crippen molar-refractivity contribution < 1.29 is 31.9 Å². The van der Waals surface area contributed by atoms with Crippen LogP contribution in [0.3, 0.4) is 0 Å². The average molecular weight is 619 g/mol. The maximum atomic E-state index is 13.9. The highest BCUT2D eigenvalue weighted by molar-refractivity contribution is 14.1. The van der Waals surface area contributed by atoms with E-state index >= 15 is 0 Å². The number of hydrogen-bond acceptors (Lipinski definition) is 8. The summed E-state index contributed by atoms with van der Waals surface area (Å²) in [6.07, 6.45) is -1.18. The van der Waals surface area contributed by atoms with Gasteiger partial charge < -0.3 is 14.9 Å². The number of nitrogens with zero attached hydrogens (tertiary/aromatic N) is 1. The van der Waals surface area contributed by atoms with Crippen molar-refractivity contribution in [3.8, 4) is 0 Å². The number of amides is 1. The number of hydrogen-bond donors (Lipinski definition) is 2. The molecule has 2 aromatic rings. The SMILES string of the molecule is CC(C)(C)OC(=O)N(c1ccc2c(c1)C(I)(C(=O)OC(C)(C)C)NN2)S(=O)(=O)c1cccc(F)c1. The Bertz CT molecular complexity index is 1270. The second kappa shape index (κ2) is 9.21. The fourth-order valence-electron chi connectivity index (χ4n) is 3.16. The maximum absolute atomic E-state index is 13.9. The molecule has 0 aliphatic carbocycles. The zero-order chi connectivity index (χ0) is 26.4. The van der Waals surface area contributed by atoms with E-state index in [0.717, 1.165) is 12.1 Å². The van der Waals surface area contributed by atoms with Crippen molar-refractivity contribution in [3.05, 3.63) is 53.8 Å². The van der Waals surface area contributed by atoms with Gasteiger partial charge in [0.15, 0.2) is 0 Å². The monoisotopic (exact) mass is 619 g/mol. The van der Waals surface area contributed by atoms with Crippen LogP contribution in [0.15, 0.2) is 47.4 Å². The first-order valence-electron chi connectivity index (χ1n) is 10.6. The first-order valence-corrected chi connectivity index (χ1v) is 13.1. The van der Waals surface area contributed by atoms with Crippen LogP contribution in [0, 0.1) is 5.82 Å². The topological polar surface area (TPSA) is 114 Å². The first kappa shape index (κ1) is 27.1. The van der Waals surface area contributed by atoms with Crippen LogP contribution in [0.1, 0.15) is 47.1 Å². The number of fused-ring (bicyclic) bond motifs is 1. The number of esters is 1. The van der Waals surface area contributed by atoms with Crippen molar-refractivity contribution in [1.82, 2.24) is 5.43 Å². The zero-order valence-corrected chi connectivity index (χ0v) is 23.1. The summed E-state index contributed by atoms with van der Waals surface area (Å²) in [5.41, 5.74) is 4.67. The number of carbonyl (C=O) groups excluding carboxylic acids is 2. The highest BCUT2D eigenvalue weighted by Gasteiger charge is 2.47. The van der Waals surface area contributed by atoms with Gasteiger partial charge in [-0.2, -0.15) is 4.31 Å². The minimum Gasteiger partial charge on any atom is -0.458 e. The van der Waals surface area contributed by atoms with Crippen LogP contribution in [0.4, 0.5) is 20.6 Å². The van der Waals surface area contributed by atoms with Crippen molar-refractivity contribution >= 4 is 56.1 Å². The number of alkyl halides is 1. The Morgan fingerprint density at radius 3 is 2.20 bits per heavy atom. The van der Waals surface area contributed by atoms with Gasteiger partial charge >= 0.3 is 12.1 Å². The number of carbonyl (C=O) groups is 2. The number of anilines is 2. The molecule has 9 nitrogen and oxygen atoms in total. The Morgan fingerprint density at radius 2 is 1.63 bits per heavy atom. The van der Waals surface area contributed by atoms with E-state index in [9.17, 15) is 22.4 Å². The van der Waals surface area contributed by atoms with Crippen LogP contribution >= 0.6 is 22.6 Å². The summed E-state index contributed by atoms with van der Waals surface area (Å²) in [5, 5.41) is 0. The number of benzene rings is 2. The normalized spacial score (nSPS) is 17.8. The Hall–Kier alpha value is -2.45. The van der Waals surface area contributed by atoms with Crippen LogP contribution in [0.5, 0.6) is 0 Å². The van der Waals surface area contributed by atoms with E-state index in [0.29, 0.717) is 15.6 Å². The van der Waals surface area contributed by atoms with E-state index in [4.69, 9.17) is 9.47 Å². The molecular weight excluding hydrogens is 592 g/mol. The number of hydrazine groups is 1. The molecule has 0 aromatic heterocycles. The molecule has 1 atom stereocenters. The van der Waals surface area contributed by atoms with Crippen molar-refractivity contribution in [2.24, 2.45) is 0 Å². The maximum Gasteiger partial charge on any atom is 0.429 e. The van der Waals surface area contributed by atoms with E-state index < -0.39 is 47.5 Å². The van der Waals surface area contributed by atoms with Crippen LogP contribution in [-0.4, -0.2) is 31.7 Å². The number of sulfonamides is 1. The predicted octanol–water partition coefficient (Wildman–Crippen LogP) is 4.82. The van der Waals surface area contributed by atoms with Gasteiger partial charge in [-0.3, -0.25) is 0 Å². The average Bonchev–Trinajstić information content (AvgIpc) is 3.03. The molecule has 0 radical (unpaired) electrons.